The van der Waals surface area contributed by atoms with E-state index in [1.807, 2.05) is 53.6 Å². The fourth-order valence-corrected chi connectivity index (χ4v) is 2.85. The largest absolute Gasteiger partial charge is 0.369 e. The van der Waals surface area contributed by atoms with Gasteiger partial charge in [0, 0.05) is 25.0 Å². The summed E-state index contributed by atoms with van der Waals surface area (Å²) in [5.41, 5.74) is 8.40. The second-order valence-electron chi connectivity index (χ2n) is 6.23. The van der Waals surface area contributed by atoms with Crippen LogP contribution in [0.4, 0.5) is 0 Å². The summed E-state index contributed by atoms with van der Waals surface area (Å²) >= 11 is 0. The third-order valence-electron chi connectivity index (χ3n) is 4.21. The molecular formula is C19H22N6O. The molecule has 0 aliphatic carbocycles. The number of aromatic nitrogens is 4. The number of rotatable bonds is 8. The summed E-state index contributed by atoms with van der Waals surface area (Å²) in [6.45, 7) is 3.31. The Bertz CT molecular complexity index is 834. The molecule has 26 heavy (non-hydrogen) atoms. The summed E-state index contributed by atoms with van der Waals surface area (Å²) < 4.78 is 1.77. The van der Waals surface area contributed by atoms with E-state index < -0.39 is 0 Å². The number of carbonyl (C=O) groups excluding carboxylic acids is 1. The Labute approximate surface area is 152 Å². The lowest BCUT2D eigenvalue weighted by Gasteiger charge is -2.27. The fourth-order valence-electron chi connectivity index (χ4n) is 2.85. The van der Waals surface area contributed by atoms with E-state index in [0.29, 0.717) is 13.1 Å². The third kappa shape index (κ3) is 4.73. The minimum absolute atomic E-state index is 0.0344. The first-order valence-electron chi connectivity index (χ1n) is 8.47. The Kier molecular flexibility index (Phi) is 5.70. The van der Waals surface area contributed by atoms with E-state index in [4.69, 9.17) is 5.73 Å². The fraction of sp³-hybridized carbons (Fsp3) is 0.263. The van der Waals surface area contributed by atoms with Gasteiger partial charge in [-0.3, -0.25) is 14.7 Å². The molecule has 7 heteroatoms. The summed E-state index contributed by atoms with van der Waals surface area (Å²) in [4.78, 5) is 17.6. The van der Waals surface area contributed by atoms with Crippen LogP contribution in [-0.2, 0) is 17.9 Å². The van der Waals surface area contributed by atoms with Crippen molar-refractivity contribution in [1.29, 1.82) is 0 Å². The van der Waals surface area contributed by atoms with Crippen molar-refractivity contribution in [2.45, 2.75) is 26.1 Å². The molecule has 0 saturated carbocycles. The highest BCUT2D eigenvalue weighted by atomic mass is 16.1. The molecule has 3 rings (SSSR count). The summed E-state index contributed by atoms with van der Waals surface area (Å²) in [6, 6.07) is 13.9. The van der Waals surface area contributed by atoms with E-state index in [-0.39, 0.29) is 18.5 Å². The molecular weight excluding hydrogens is 328 g/mol. The van der Waals surface area contributed by atoms with Crippen molar-refractivity contribution in [3.63, 3.8) is 0 Å². The maximum atomic E-state index is 11.5. The van der Waals surface area contributed by atoms with Crippen molar-refractivity contribution in [3.05, 3.63) is 77.9 Å². The number of primary amides is 1. The first-order chi connectivity index (χ1) is 12.6. The standard InChI is InChI=1S/C19H22N6O/c1-15(17-7-3-2-4-8-17)24(14-19(20)26)12-18-13-25(23-22-18)11-16-6-5-9-21-10-16/h2-10,13,15H,11-12,14H2,1H3,(H2,20,26)/t15-/m1/s1. The molecule has 0 radical (unpaired) electrons. The molecule has 1 aromatic carbocycles. The smallest absolute Gasteiger partial charge is 0.231 e. The van der Waals surface area contributed by atoms with Gasteiger partial charge in [0.2, 0.25) is 5.91 Å². The lowest BCUT2D eigenvalue weighted by atomic mass is 10.1. The minimum Gasteiger partial charge on any atom is -0.369 e. The number of nitrogens with zero attached hydrogens (tertiary/aromatic N) is 5. The van der Waals surface area contributed by atoms with Gasteiger partial charge in [-0.25, -0.2) is 4.68 Å². The number of hydrogen-bond acceptors (Lipinski definition) is 5. The van der Waals surface area contributed by atoms with Crippen LogP contribution in [0.3, 0.4) is 0 Å². The van der Waals surface area contributed by atoms with Crippen molar-refractivity contribution in [3.8, 4) is 0 Å². The number of hydrogen-bond donors (Lipinski definition) is 1. The summed E-state index contributed by atoms with van der Waals surface area (Å²) in [5, 5.41) is 8.41. The van der Waals surface area contributed by atoms with Crippen LogP contribution in [0, 0.1) is 0 Å². The Morgan fingerprint density at radius 2 is 2.04 bits per heavy atom. The zero-order chi connectivity index (χ0) is 18.4. The van der Waals surface area contributed by atoms with Crippen LogP contribution < -0.4 is 5.73 Å². The number of nitrogens with two attached hydrogens (primary N) is 1. The topological polar surface area (TPSA) is 89.9 Å². The highest BCUT2D eigenvalue weighted by Crippen LogP contribution is 2.21. The highest BCUT2D eigenvalue weighted by molar-refractivity contribution is 5.76. The second kappa shape index (κ2) is 8.35. The van der Waals surface area contributed by atoms with Gasteiger partial charge in [-0.05, 0) is 24.1 Å². The van der Waals surface area contributed by atoms with Gasteiger partial charge in [0.05, 0.1) is 25.0 Å². The van der Waals surface area contributed by atoms with Crippen molar-refractivity contribution in [1.82, 2.24) is 24.9 Å². The maximum absolute atomic E-state index is 11.5. The van der Waals surface area contributed by atoms with Gasteiger partial charge in [-0.15, -0.1) is 5.10 Å². The van der Waals surface area contributed by atoms with Gasteiger partial charge in [0.25, 0.3) is 0 Å². The minimum atomic E-state index is -0.365. The third-order valence-corrected chi connectivity index (χ3v) is 4.21. The average Bonchev–Trinajstić information content (AvgIpc) is 3.08. The molecule has 0 aliphatic heterocycles. The van der Waals surface area contributed by atoms with Gasteiger partial charge in [0.15, 0.2) is 0 Å². The molecule has 3 aromatic rings. The number of amides is 1. The predicted molar refractivity (Wildman–Crippen MR) is 97.8 cm³/mol. The highest BCUT2D eigenvalue weighted by Gasteiger charge is 2.19. The van der Waals surface area contributed by atoms with Crippen LogP contribution in [0.5, 0.6) is 0 Å². The Balaban J connectivity index is 1.72. The van der Waals surface area contributed by atoms with Gasteiger partial charge in [-0.1, -0.05) is 41.6 Å². The molecule has 0 unspecified atom stereocenters. The zero-order valence-electron chi connectivity index (χ0n) is 14.7. The van der Waals surface area contributed by atoms with Crippen molar-refractivity contribution in [2.24, 2.45) is 5.73 Å². The first-order valence-corrected chi connectivity index (χ1v) is 8.47. The van der Waals surface area contributed by atoms with Gasteiger partial charge < -0.3 is 5.73 Å². The van der Waals surface area contributed by atoms with Crippen LogP contribution in [-0.4, -0.2) is 37.3 Å². The average molecular weight is 350 g/mol. The van der Waals surface area contributed by atoms with Gasteiger partial charge in [-0.2, -0.15) is 0 Å². The lowest BCUT2D eigenvalue weighted by molar-refractivity contribution is -0.119. The SMILES string of the molecule is C[C@H](c1ccccc1)N(CC(N)=O)Cc1cn(Cc2cccnc2)nn1. The van der Waals surface area contributed by atoms with Crippen molar-refractivity contribution >= 4 is 5.91 Å². The Hall–Kier alpha value is -3.06. The van der Waals surface area contributed by atoms with E-state index in [2.05, 4.69) is 22.2 Å². The number of carbonyl (C=O) groups is 1. The van der Waals surface area contributed by atoms with Crippen LogP contribution >= 0.6 is 0 Å². The van der Waals surface area contributed by atoms with Crippen LogP contribution in [0.15, 0.2) is 61.1 Å². The summed E-state index contributed by atoms with van der Waals surface area (Å²) in [7, 11) is 0. The monoisotopic (exact) mass is 350 g/mol. The number of benzene rings is 1. The molecule has 1 amide bonds. The maximum Gasteiger partial charge on any atom is 0.231 e. The van der Waals surface area contributed by atoms with E-state index in [1.165, 1.54) is 0 Å². The summed E-state index contributed by atoms with van der Waals surface area (Å²) in [5.74, 6) is -0.365. The van der Waals surface area contributed by atoms with Crippen molar-refractivity contribution in [2.75, 3.05) is 6.54 Å². The Morgan fingerprint density at radius 1 is 1.23 bits per heavy atom. The van der Waals surface area contributed by atoms with Crippen LogP contribution in [0.1, 0.15) is 29.8 Å². The quantitative estimate of drug-likeness (QED) is 0.669. The van der Waals surface area contributed by atoms with E-state index >= 15 is 0 Å². The zero-order valence-corrected chi connectivity index (χ0v) is 14.7. The molecule has 2 heterocycles. The second-order valence-corrected chi connectivity index (χ2v) is 6.23. The predicted octanol–water partition coefficient (Wildman–Crippen LogP) is 1.77. The van der Waals surface area contributed by atoms with Gasteiger partial charge in [0.1, 0.15) is 0 Å². The van der Waals surface area contributed by atoms with E-state index in [0.717, 1.165) is 16.8 Å². The lowest BCUT2D eigenvalue weighted by Crippen LogP contribution is -2.35. The molecule has 7 nitrogen and oxygen atoms in total. The normalized spacial score (nSPS) is 12.2. The molecule has 0 saturated heterocycles. The molecule has 1 atom stereocenters. The first kappa shape index (κ1) is 17.8. The summed E-state index contributed by atoms with van der Waals surface area (Å²) in [6.07, 6.45) is 5.43. The number of pyridine rings is 1. The molecule has 0 fully saturated rings. The molecule has 2 N–H and O–H groups in total. The molecule has 0 spiro atoms. The van der Waals surface area contributed by atoms with Gasteiger partial charge >= 0.3 is 0 Å². The van der Waals surface area contributed by atoms with E-state index in [9.17, 15) is 4.79 Å². The molecule has 2 aromatic heterocycles. The van der Waals surface area contributed by atoms with Crippen LogP contribution in [0.25, 0.3) is 0 Å². The van der Waals surface area contributed by atoms with Crippen molar-refractivity contribution < 1.29 is 4.79 Å². The van der Waals surface area contributed by atoms with Crippen LogP contribution in [0.2, 0.25) is 0 Å². The molecule has 0 aliphatic rings. The van der Waals surface area contributed by atoms with E-state index in [1.54, 1.807) is 17.1 Å². The molecule has 134 valence electrons. The molecule has 0 bridgehead atoms. The Morgan fingerprint density at radius 3 is 2.73 bits per heavy atom.